The van der Waals surface area contributed by atoms with Gasteiger partial charge in [-0.1, -0.05) is 41.9 Å². The molecule has 0 saturated heterocycles. The van der Waals surface area contributed by atoms with Crippen LogP contribution in [-0.4, -0.2) is 37.6 Å². The lowest BCUT2D eigenvalue weighted by atomic mass is 10.0. The topological polar surface area (TPSA) is 105 Å². The first-order chi connectivity index (χ1) is 17.6. The van der Waals surface area contributed by atoms with Gasteiger partial charge in [0.15, 0.2) is 5.82 Å². The number of benzene rings is 2. The molecular weight excluding hydrogens is 476 g/mol. The van der Waals surface area contributed by atoms with Crippen molar-refractivity contribution in [2.24, 2.45) is 0 Å². The molecule has 0 aliphatic carbocycles. The molecular formula is C27H23ClN6O2. The molecule has 8 nitrogen and oxygen atoms in total. The molecule has 1 unspecified atom stereocenters. The summed E-state index contributed by atoms with van der Waals surface area (Å²) in [5.74, 6) is -0.0716. The Kier molecular flexibility index (Phi) is 6.77. The van der Waals surface area contributed by atoms with Gasteiger partial charge >= 0.3 is 0 Å². The number of hydrogen-bond acceptors (Lipinski definition) is 4. The second kappa shape index (κ2) is 10.5. The molecule has 0 fully saturated rings. The van der Waals surface area contributed by atoms with E-state index in [0.717, 1.165) is 22.0 Å². The van der Waals surface area contributed by atoms with Crippen molar-refractivity contribution in [1.29, 1.82) is 0 Å². The summed E-state index contributed by atoms with van der Waals surface area (Å²) in [6, 6.07) is 19.3. The molecule has 9 heteroatoms. The van der Waals surface area contributed by atoms with Crippen LogP contribution < -0.4 is 10.6 Å². The van der Waals surface area contributed by atoms with E-state index in [9.17, 15) is 9.59 Å². The van der Waals surface area contributed by atoms with Crippen molar-refractivity contribution in [2.75, 3.05) is 0 Å². The molecule has 180 valence electrons. The minimum absolute atomic E-state index is 0.266. The van der Waals surface area contributed by atoms with Gasteiger partial charge in [-0.05, 0) is 47.5 Å². The van der Waals surface area contributed by atoms with Gasteiger partial charge in [-0.15, -0.1) is 0 Å². The van der Waals surface area contributed by atoms with Crippen molar-refractivity contribution >= 4 is 34.3 Å². The fourth-order valence-corrected chi connectivity index (χ4v) is 4.25. The van der Waals surface area contributed by atoms with E-state index < -0.39 is 11.9 Å². The van der Waals surface area contributed by atoms with Crippen LogP contribution in [0.15, 0.2) is 91.5 Å². The van der Waals surface area contributed by atoms with Crippen molar-refractivity contribution < 1.29 is 9.59 Å². The highest BCUT2D eigenvalue weighted by Crippen LogP contribution is 2.20. The molecule has 5 rings (SSSR count). The van der Waals surface area contributed by atoms with Crippen LogP contribution in [0, 0.1) is 0 Å². The van der Waals surface area contributed by atoms with Gasteiger partial charge < -0.3 is 15.6 Å². The molecule has 5 aromatic rings. The Morgan fingerprint density at radius 1 is 1.03 bits per heavy atom. The van der Waals surface area contributed by atoms with Gasteiger partial charge in [0.25, 0.3) is 5.91 Å². The number of carbonyl (C=O) groups excluding carboxylic acids is 2. The largest absolute Gasteiger partial charge is 0.361 e. The van der Waals surface area contributed by atoms with E-state index in [0.29, 0.717) is 22.8 Å². The molecule has 1 atom stereocenters. The third kappa shape index (κ3) is 5.13. The monoisotopic (exact) mass is 498 g/mol. The smallest absolute Gasteiger partial charge is 0.253 e. The first-order valence-corrected chi connectivity index (χ1v) is 11.8. The van der Waals surface area contributed by atoms with E-state index in [2.05, 4.69) is 25.7 Å². The lowest BCUT2D eigenvalue weighted by Crippen LogP contribution is -2.47. The lowest BCUT2D eigenvalue weighted by molar-refractivity contribution is -0.123. The number of amides is 2. The van der Waals surface area contributed by atoms with E-state index in [1.807, 2.05) is 48.7 Å². The molecule has 2 aromatic carbocycles. The van der Waals surface area contributed by atoms with Gasteiger partial charge in [0.1, 0.15) is 6.04 Å². The zero-order valence-electron chi connectivity index (χ0n) is 19.2. The van der Waals surface area contributed by atoms with Gasteiger partial charge in [-0.2, -0.15) is 5.10 Å². The summed E-state index contributed by atoms with van der Waals surface area (Å²) in [7, 11) is 0. The molecule has 3 N–H and O–H groups in total. The summed E-state index contributed by atoms with van der Waals surface area (Å²) in [4.78, 5) is 33.9. The average molecular weight is 499 g/mol. The second-order valence-corrected chi connectivity index (χ2v) is 8.67. The minimum Gasteiger partial charge on any atom is -0.361 e. The molecule has 0 bridgehead atoms. The predicted molar refractivity (Wildman–Crippen MR) is 138 cm³/mol. The third-order valence-electron chi connectivity index (χ3n) is 5.86. The summed E-state index contributed by atoms with van der Waals surface area (Å²) in [5, 5.41) is 11.3. The Morgan fingerprint density at radius 2 is 1.86 bits per heavy atom. The average Bonchev–Trinajstić information content (AvgIpc) is 3.58. The number of fused-ring (bicyclic) bond motifs is 1. The number of carbonyl (C=O) groups is 2. The highest BCUT2D eigenvalue weighted by atomic mass is 35.5. The number of hydrogen-bond donors (Lipinski definition) is 3. The van der Waals surface area contributed by atoms with Crippen molar-refractivity contribution in [3.63, 3.8) is 0 Å². The highest BCUT2D eigenvalue weighted by Gasteiger charge is 2.24. The van der Waals surface area contributed by atoms with Gasteiger partial charge in [-0.3, -0.25) is 9.59 Å². The Bertz CT molecular complexity index is 1510. The Hall–Kier alpha value is -4.43. The number of nitrogens with one attached hydrogen (secondary N) is 3. The summed E-state index contributed by atoms with van der Waals surface area (Å²) >= 11 is 6.22. The minimum atomic E-state index is -0.819. The number of H-pyrrole nitrogens is 1. The molecule has 2 amide bonds. The highest BCUT2D eigenvalue weighted by molar-refractivity contribution is 6.33. The van der Waals surface area contributed by atoms with Gasteiger partial charge in [0, 0.05) is 48.7 Å². The summed E-state index contributed by atoms with van der Waals surface area (Å²) in [5.41, 5.74) is 3.06. The summed E-state index contributed by atoms with van der Waals surface area (Å²) < 4.78 is 1.65. The Morgan fingerprint density at radius 3 is 2.69 bits per heavy atom. The van der Waals surface area contributed by atoms with Crippen molar-refractivity contribution in [2.45, 2.75) is 19.0 Å². The van der Waals surface area contributed by atoms with Crippen LogP contribution in [0.4, 0.5) is 0 Å². The molecule has 0 aliphatic rings. The van der Waals surface area contributed by atoms with Crippen molar-refractivity contribution in [3.8, 4) is 5.82 Å². The van der Waals surface area contributed by atoms with Crippen LogP contribution in [0.25, 0.3) is 16.7 Å². The maximum absolute atomic E-state index is 13.3. The van der Waals surface area contributed by atoms with E-state index in [4.69, 9.17) is 11.6 Å². The molecule has 3 heterocycles. The van der Waals surface area contributed by atoms with Crippen molar-refractivity contribution in [1.82, 2.24) is 30.4 Å². The van der Waals surface area contributed by atoms with Crippen LogP contribution in [0.1, 0.15) is 21.5 Å². The van der Waals surface area contributed by atoms with Crippen LogP contribution in [0.5, 0.6) is 0 Å². The zero-order valence-corrected chi connectivity index (χ0v) is 19.9. The Labute approximate surface area is 212 Å². The molecule has 3 aromatic heterocycles. The number of nitrogens with zero attached hydrogens (tertiary/aromatic N) is 3. The molecule has 0 aliphatic heterocycles. The quantitative estimate of drug-likeness (QED) is 0.300. The first kappa shape index (κ1) is 23.3. The molecule has 0 saturated carbocycles. The van der Waals surface area contributed by atoms with E-state index in [1.165, 1.54) is 0 Å². The van der Waals surface area contributed by atoms with Crippen LogP contribution in [-0.2, 0) is 17.8 Å². The lowest BCUT2D eigenvalue weighted by Gasteiger charge is -2.19. The number of pyridine rings is 1. The zero-order chi connectivity index (χ0) is 24.9. The number of rotatable bonds is 8. The van der Waals surface area contributed by atoms with Crippen molar-refractivity contribution in [3.05, 3.63) is 113 Å². The maximum atomic E-state index is 13.3. The van der Waals surface area contributed by atoms with Gasteiger partial charge in [-0.25, -0.2) is 9.67 Å². The fraction of sp³-hybridized carbons (Fsp3) is 0.111. The standard InChI is InChI=1S/C27H23ClN6O2/c28-22-8-3-1-7-21(22)26(35)33-24(15-19-17-30-23-9-4-2-6-20(19)23)27(36)31-16-18-10-12-29-25(14-18)34-13-5-11-32-34/h1-14,17,24,30H,15-16H2,(H,31,36)(H,33,35). The number of aromatic nitrogens is 4. The Balaban J connectivity index is 1.35. The second-order valence-electron chi connectivity index (χ2n) is 8.26. The van der Waals surface area contributed by atoms with E-state index >= 15 is 0 Å². The number of halogens is 1. The normalized spacial score (nSPS) is 11.8. The van der Waals surface area contributed by atoms with E-state index in [-0.39, 0.29) is 12.5 Å². The molecule has 0 spiro atoms. The maximum Gasteiger partial charge on any atom is 0.253 e. The van der Waals surface area contributed by atoms with Crippen LogP contribution in [0.2, 0.25) is 5.02 Å². The predicted octanol–water partition coefficient (Wildman–Crippen LogP) is 4.06. The van der Waals surface area contributed by atoms with Crippen LogP contribution >= 0.6 is 11.6 Å². The summed E-state index contributed by atoms with van der Waals surface area (Å²) in [6.07, 6.45) is 7.31. The number of para-hydroxylation sites is 1. The van der Waals surface area contributed by atoms with Gasteiger partial charge in [0.2, 0.25) is 5.91 Å². The third-order valence-corrected chi connectivity index (χ3v) is 6.18. The van der Waals surface area contributed by atoms with E-state index in [1.54, 1.807) is 47.5 Å². The molecule has 36 heavy (non-hydrogen) atoms. The number of aromatic amines is 1. The SMILES string of the molecule is O=C(NC(Cc1c[nH]c2ccccc12)C(=O)NCc1ccnc(-n2cccn2)c1)c1ccccc1Cl. The van der Waals surface area contributed by atoms with Gasteiger partial charge in [0.05, 0.1) is 10.6 Å². The molecule has 0 radical (unpaired) electrons. The first-order valence-electron chi connectivity index (χ1n) is 11.4. The summed E-state index contributed by atoms with van der Waals surface area (Å²) in [6.45, 7) is 0.266. The van der Waals surface area contributed by atoms with Crippen LogP contribution in [0.3, 0.4) is 0 Å². The fourth-order valence-electron chi connectivity index (χ4n) is 4.02.